The number of H-pyrrole nitrogens is 1. The summed E-state index contributed by atoms with van der Waals surface area (Å²) in [6, 6.07) is 4.64. The Bertz CT molecular complexity index is 977. The Labute approximate surface area is 137 Å². The predicted octanol–water partition coefficient (Wildman–Crippen LogP) is 3.94. The summed E-state index contributed by atoms with van der Waals surface area (Å²) in [5.74, 6) is 0.328. The highest BCUT2D eigenvalue weighted by Crippen LogP contribution is 2.31. The van der Waals surface area contributed by atoms with Gasteiger partial charge in [-0.1, -0.05) is 0 Å². The normalized spacial score (nSPS) is 11.0. The molecule has 2 heterocycles. The lowest BCUT2D eigenvalue weighted by molar-refractivity contribution is -0.385. The van der Waals surface area contributed by atoms with E-state index in [1.807, 2.05) is 13.8 Å². The Morgan fingerprint density at radius 1 is 1.36 bits per heavy atom. The molecule has 8 heteroatoms. The molecule has 0 atom stereocenters. The third kappa shape index (κ3) is 2.34. The van der Waals surface area contributed by atoms with Crippen molar-refractivity contribution in [1.82, 2.24) is 9.97 Å². The highest BCUT2D eigenvalue weighted by molar-refractivity contribution is 9.10. The van der Waals surface area contributed by atoms with Crippen molar-refractivity contribution in [2.24, 2.45) is 0 Å². The smallest absolute Gasteiger partial charge is 0.284 e. The minimum atomic E-state index is -0.482. The topological polar surface area (TPSA) is 88.9 Å². The number of aromatic nitrogens is 2. The van der Waals surface area contributed by atoms with Crippen LogP contribution in [-0.4, -0.2) is 14.9 Å². The number of halogens is 1. The Balaban J connectivity index is 2.25. The third-order valence-electron chi connectivity index (χ3n) is 3.46. The number of nitro groups is 1. The van der Waals surface area contributed by atoms with Crippen LogP contribution in [0.15, 0.2) is 27.5 Å². The van der Waals surface area contributed by atoms with E-state index in [9.17, 15) is 14.9 Å². The number of rotatable bonds is 2. The van der Waals surface area contributed by atoms with Gasteiger partial charge in [-0.3, -0.25) is 14.9 Å². The van der Waals surface area contributed by atoms with Crippen LogP contribution in [0.25, 0.3) is 21.6 Å². The van der Waals surface area contributed by atoms with Gasteiger partial charge in [-0.15, -0.1) is 11.3 Å². The van der Waals surface area contributed by atoms with Crippen molar-refractivity contribution in [2.75, 3.05) is 0 Å². The molecule has 112 valence electrons. The Morgan fingerprint density at radius 2 is 2.09 bits per heavy atom. The Morgan fingerprint density at radius 3 is 2.77 bits per heavy atom. The van der Waals surface area contributed by atoms with Crippen molar-refractivity contribution in [1.29, 1.82) is 0 Å². The average Bonchev–Trinajstić information content (AvgIpc) is 2.74. The van der Waals surface area contributed by atoms with E-state index in [4.69, 9.17) is 0 Å². The number of aryl methyl sites for hydroxylation is 2. The van der Waals surface area contributed by atoms with Gasteiger partial charge >= 0.3 is 0 Å². The van der Waals surface area contributed by atoms with Crippen LogP contribution in [0.2, 0.25) is 0 Å². The summed E-state index contributed by atoms with van der Waals surface area (Å²) in [6.07, 6.45) is 0. The molecule has 0 unspecified atom stereocenters. The first-order valence-corrected chi connectivity index (χ1v) is 7.93. The van der Waals surface area contributed by atoms with E-state index in [1.54, 1.807) is 12.1 Å². The van der Waals surface area contributed by atoms with Gasteiger partial charge < -0.3 is 4.98 Å². The summed E-state index contributed by atoms with van der Waals surface area (Å²) in [5, 5.41) is 11.6. The van der Waals surface area contributed by atoms with Crippen LogP contribution in [-0.2, 0) is 0 Å². The molecule has 0 bridgehead atoms. The largest absolute Gasteiger partial charge is 0.306 e. The van der Waals surface area contributed by atoms with Gasteiger partial charge in [-0.05, 0) is 47.5 Å². The lowest BCUT2D eigenvalue weighted by Gasteiger charge is -2.02. The molecule has 6 nitrogen and oxygen atoms in total. The predicted molar refractivity (Wildman–Crippen MR) is 89.5 cm³/mol. The molecular weight excluding hydrogens is 370 g/mol. The van der Waals surface area contributed by atoms with E-state index in [2.05, 4.69) is 25.9 Å². The number of thiophene rings is 1. The number of aromatic amines is 1. The molecule has 22 heavy (non-hydrogen) atoms. The molecule has 0 aliphatic carbocycles. The van der Waals surface area contributed by atoms with Crippen LogP contribution in [0, 0.1) is 24.0 Å². The van der Waals surface area contributed by atoms with Crippen LogP contribution >= 0.6 is 27.3 Å². The first-order valence-electron chi connectivity index (χ1n) is 6.33. The number of hydrogen-bond acceptors (Lipinski definition) is 5. The first kappa shape index (κ1) is 14.9. The number of nitrogens with zero attached hydrogens (tertiary/aromatic N) is 2. The highest BCUT2D eigenvalue weighted by Gasteiger charge is 2.16. The summed E-state index contributed by atoms with van der Waals surface area (Å²) in [6.45, 7) is 3.82. The van der Waals surface area contributed by atoms with Gasteiger partial charge in [0.1, 0.15) is 10.7 Å². The van der Waals surface area contributed by atoms with Crippen LogP contribution in [0.4, 0.5) is 5.69 Å². The molecule has 1 aromatic carbocycles. The molecule has 0 saturated heterocycles. The zero-order chi connectivity index (χ0) is 16.0. The molecule has 2 aromatic heterocycles. The van der Waals surface area contributed by atoms with Crippen LogP contribution < -0.4 is 5.56 Å². The molecule has 0 fully saturated rings. The second-order valence-electron chi connectivity index (χ2n) is 4.80. The van der Waals surface area contributed by atoms with Crippen molar-refractivity contribution in [2.45, 2.75) is 13.8 Å². The maximum absolute atomic E-state index is 12.3. The van der Waals surface area contributed by atoms with Crippen LogP contribution in [0.1, 0.15) is 10.4 Å². The van der Waals surface area contributed by atoms with E-state index < -0.39 is 4.92 Å². The molecule has 0 spiro atoms. The zero-order valence-corrected chi connectivity index (χ0v) is 14.0. The van der Waals surface area contributed by atoms with E-state index in [-0.39, 0.29) is 11.2 Å². The second kappa shape index (κ2) is 5.29. The quantitative estimate of drug-likeness (QED) is 0.539. The van der Waals surface area contributed by atoms with E-state index in [0.717, 1.165) is 10.4 Å². The highest BCUT2D eigenvalue weighted by atomic mass is 79.9. The van der Waals surface area contributed by atoms with Gasteiger partial charge in [-0.25, -0.2) is 4.98 Å². The van der Waals surface area contributed by atoms with Crippen LogP contribution in [0.5, 0.6) is 0 Å². The Kier molecular flexibility index (Phi) is 3.57. The average molecular weight is 380 g/mol. The molecule has 1 N–H and O–H groups in total. The molecule has 0 aliphatic heterocycles. The van der Waals surface area contributed by atoms with E-state index in [0.29, 0.717) is 26.1 Å². The fraction of sp³-hybridized carbons (Fsp3) is 0.143. The van der Waals surface area contributed by atoms with Gasteiger partial charge in [0, 0.05) is 16.5 Å². The molecular formula is C14H10BrN3O3S. The van der Waals surface area contributed by atoms with E-state index in [1.165, 1.54) is 17.4 Å². The summed E-state index contributed by atoms with van der Waals surface area (Å²) in [5.41, 5.74) is 1.12. The SMILES string of the molecule is Cc1sc2nc(-c3ccc(Br)c([N+](=O)[O-])c3)[nH]c(=O)c2c1C. The van der Waals surface area contributed by atoms with Gasteiger partial charge in [0.15, 0.2) is 0 Å². The van der Waals surface area contributed by atoms with Gasteiger partial charge in [0.2, 0.25) is 0 Å². The Hall–Kier alpha value is -2.06. The molecule has 3 rings (SSSR count). The maximum Gasteiger partial charge on any atom is 0.284 e. The van der Waals surface area contributed by atoms with Crippen molar-refractivity contribution >= 4 is 43.2 Å². The third-order valence-corrected chi connectivity index (χ3v) is 5.23. The standard InChI is InChI=1S/C14H10BrN3O3S/c1-6-7(2)22-14-11(6)13(19)16-12(17-14)8-3-4-9(15)10(5-8)18(20)21/h3-5H,1-2H3,(H,16,17,19). The van der Waals surface area contributed by atoms with Crippen molar-refractivity contribution in [3.05, 3.63) is 53.6 Å². The first-order chi connectivity index (χ1) is 10.4. The lowest BCUT2D eigenvalue weighted by Crippen LogP contribution is -2.09. The minimum absolute atomic E-state index is 0.0706. The number of nitro benzene ring substituents is 1. The fourth-order valence-corrected chi connectivity index (χ4v) is 3.61. The zero-order valence-electron chi connectivity index (χ0n) is 11.6. The van der Waals surface area contributed by atoms with Gasteiger partial charge in [0.05, 0.1) is 14.8 Å². The van der Waals surface area contributed by atoms with Gasteiger partial charge in [-0.2, -0.15) is 0 Å². The van der Waals surface area contributed by atoms with Crippen molar-refractivity contribution in [3.8, 4) is 11.4 Å². The number of benzene rings is 1. The second-order valence-corrected chi connectivity index (χ2v) is 6.86. The molecule has 0 saturated carbocycles. The number of nitrogens with one attached hydrogen (secondary N) is 1. The summed E-state index contributed by atoms with van der Waals surface area (Å²) in [4.78, 5) is 31.6. The molecule has 0 amide bonds. The molecule has 3 aromatic rings. The maximum atomic E-state index is 12.3. The summed E-state index contributed by atoms with van der Waals surface area (Å²) < 4.78 is 0.382. The minimum Gasteiger partial charge on any atom is -0.306 e. The summed E-state index contributed by atoms with van der Waals surface area (Å²) >= 11 is 4.58. The lowest BCUT2D eigenvalue weighted by atomic mass is 10.2. The number of hydrogen-bond donors (Lipinski definition) is 1. The van der Waals surface area contributed by atoms with Crippen molar-refractivity contribution < 1.29 is 4.92 Å². The fourth-order valence-electron chi connectivity index (χ4n) is 2.19. The summed E-state index contributed by atoms with van der Waals surface area (Å²) in [7, 11) is 0. The monoisotopic (exact) mass is 379 g/mol. The van der Waals surface area contributed by atoms with Crippen molar-refractivity contribution in [3.63, 3.8) is 0 Å². The molecule has 0 radical (unpaired) electrons. The van der Waals surface area contributed by atoms with E-state index >= 15 is 0 Å². The number of fused-ring (bicyclic) bond motifs is 1. The van der Waals surface area contributed by atoms with Crippen LogP contribution in [0.3, 0.4) is 0 Å². The van der Waals surface area contributed by atoms with Gasteiger partial charge in [0.25, 0.3) is 11.2 Å². The molecule has 0 aliphatic rings.